The van der Waals surface area contributed by atoms with Crippen molar-refractivity contribution in [1.29, 1.82) is 0 Å². The number of aliphatic hydroxyl groups excluding tert-OH is 1. The van der Waals surface area contributed by atoms with Gasteiger partial charge in [0.1, 0.15) is 0 Å². The second-order valence-corrected chi connectivity index (χ2v) is 3.52. The predicted molar refractivity (Wildman–Crippen MR) is 50.4 cm³/mol. The van der Waals surface area contributed by atoms with E-state index in [9.17, 15) is 5.11 Å². The maximum Gasteiger partial charge on any atom is 0.0796 e. The van der Waals surface area contributed by atoms with Crippen LogP contribution in [0.25, 0.3) is 0 Å². The van der Waals surface area contributed by atoms with Gasteiger partial charge < -0.3 is 9.84 Å². The van der Waals surface area contributed by atoms with Crippen molar-refractivity contribution in [2.24, 2.45) is 0 Å². The van der Waals surface area contributed by atoms with Crippen LogP contribution in [0.4, 0.5) is 0 Å². The molecule has 0 saturated heterocycles. The Kier molecular flexibility index (Phi) is 2.34. The molecule has 0 aliphatic heterocycles. The van der Waals surface area contributed by atoms with Gasteiger partial charge in [0.2, 0.25) is 0 Å². The van der Waals surface area contributed by atoms with Crippen LogP contribution in [-0.4, -0.2) is 12.2 Å². The maximum absolute atomic E-state index is 9.63. The van der Waals surface area contributed by atoms with Crippen molar-refractivity contribution < 1.29 is 9.84 Å². The van der Waals surface area contributed by atoms with E-state index in [4.69, 9.17) is 4.74 Å². The molecule has 0 amide bonds. The molecule has 1 aromatic carbocycles. The molecule has 0 saturated carbocycles. The summed E-state index contributed by atoms with van der Waals surface area (Å²) in [6.45, 7) is 0.625. The summed E-state index contributed by atoms with van der Waals surface area (Å²) in [6.07, 6.45) is 1.61. The van der Waals surface area contributed by atoms with Crippen LogP contribution in [0.3, 0.4) is 0 Å². The third kappa shape index (κ3) is 1.60. The number of rotatable bonds is 2. The van der Waals surface area contributed by atoms with Gasteiger partial charge in [0.15, 0.2) is 0 Å². The highest BCUT2D eigenvalue weighted by Crippen LogP contribution is 2.31. The highest BCUT2D eigenvalue weighted by Gasteiger charge is 2.19. The molecule has 1 atom stereocenters. The average molecular weight is 178 g/mol. The fraction of sp³-hybridized carbons (Fsp3) is 0.455. The van der Waals surface area contributed by atoms with Crippen molar-refractivity contribution in [1.82, 2.24) is 0 Å². The van der Waals surface area contributed by atoms with E-state index in [2.05, 4.69) is 18.2 Å². The maximum atomic E-state index is 9.63. The molecule has 1 unspecified atom stereocenters. The van der Waals surface area contributed by atoms with Crippen LogP contribution in [0.5, 0.6) is 0 Å². The lowest BCUT2D eigenvalue weighted by atomic mass is 10.1. The molecule has 70 valence electrons. The van der Waals surface area contributed by atoms with Crippen LogP contribution in [0.2, 0.25) is 0 Å². The molecule has 1 aliphatic rings. The van der Waals surface area contributed by atoms with Crippen molar-refractivity contribution in [2.45, 2.75) is 25.6 Å². The average Bonchev–Trinajstić information content (AvgIpc) is 2.49. The molecule has 1 aliphatic carbocycles. The molecule has 1 aromatic rings. The van der Waals surface area contributed by atoms with E-state index in [-0.39, 0.29) is 6.10 Å². The lowest BCUT2D eigenvalue weighted by Crippen LogP contribution is -1.94. The monoisotopic (exact) mass is 178 g/mol. The van der Waals surface area contributed by atoms with Crippen LogP contribution in [0, 0.1) is 0 Å². The van der Waals surface area contributed by atoms with Crippen LogP contribution in [0.15, 0.2) is 18.2 Å². The first kappa shape index (κ1) is 8.73. The Hall–Kier alpha value is -0.860. The molecule has 2 nitrogen and oxygen atoms in total. The van der Waals surface area contributed by atoms with Gasteiger partial charge in [-0.2, -0.15) is 0 Å². The van der Waals surface area contributed by atoms with Gasteiger partial charge in [0.05, 0.1) is 12.7 Å². The molecule has 0 radical (unpaired) electrons. The highest BCUT2D eigenvalue weighted by atomic mass is 16.5. The fourth-order valence-electron chi connectivity index (χ4n) is 1.89. The van der Waals surface area contributed by atoms with Crippen molar-refractivity contribution >= 4 is 0 Å². The van der Waals surface area contributed by atoms with Crippen molar-refractivity contribution in [3.05, 3.63) is 34.9 Å². The Bertz CT molecular complexity index is 307. The first-order chi connectivity index (χ1) is 6.31. The minimum absolute atomic E-state index is 0.258. The lowest BCUT2D eigenvalue weighted by Gasteiger charge is -2.06. The molecule has 0 fully saturated rings. The Morgan fingerprint density at radius 3 is 3.15 bits per heavy atom. The molecular weight excluding hydrogens is 164 g/mol. The molecule has 0 spiro atoms. The van der Waals surface area contributed by atoms with Gasteiger partial charge in [-0.3, -0.25) is 0 Å². The molecule has 0 aromatic heterocycles. The van der Waals surface area contributed by atoms with E-state index >= 15 is 0 Å². The Morgan fingerprint density at radius 2 is 2.38 bits per heavy atom. The van der Waals surface area contributed by atoms with E-state index in [1.165, 1.54) is 5.56 Å². The molecular formula is C11H14O2. The predicted octanol–water partition coefficient (Wildman–Crippen LogP) is 1.81. The zero-order chi connectivity index (χ0) is 9.26. The normalized spacial score (nSPS) is 20.3. The molecule has 0 heterocycles. The minimum atomic E-state index is -0.258. The summed E-state index contributed by atoms with van der Waals surface area (Å²) in [5.41, 5.74) is 3.52. The van der Waals surface area contributed by atoms with Gasteiger partial charge in [-0.15, -0.1) is 0 Å². The van der Waals surface area contributed by atoms with Crippen LogP contribution < -0.4 is 0 Å². The number of ether oxygens (including phenoxy) is 1. The second kappa shape index (κ2) is 3.48. The summed E-state index contributed by atoms with van der Waals surface area (Å²) in [4.78, 5) is 0. The van der Waals surface area contributed by atoms with Crippen LogP contribution in [-0.2, 0) is 17.8 Å². The van der Waals surface area contributed by atoms with Gasteiger partial charge in [0, 0.05) is 7.11 Å². The number of fused-ring (bicyclic) bond motifs is 1. The summed E-state index contributed by atoms with van der Waals surface area (Å²) in [5.74, 6) is 0. The molecule has 0 bridgehead atoms. The van der Waals surface area contributed by atoms with Gasteiger partial charge in [-0.05, 0) is 29.5 Å². The Balaban J connectivity index is 2.31. The number of methoxy groups -OCH3 is 1. The molecule has 2 rings (SSSR count). The number of benzene rings is 1. The van der Waals surface area contributed by atoms with Gasteiger partial charge in [-0.25, -0.2) is 0 Å². The van der Waals surface area contributed by atoms with Gasteiger partial charge in [0.25, 0.3) is 0 Å². The molecule has 2 heteroatoms. The smallest absolute Gasteiger partial charge is 0.0796 e. The number of aliphatic hydroxyl groups is 1. The topological polar surface area (TPSA) is 29.5 Å². The highest BCUT2D eigenvalue weighted by molar-refractivity contribution is 5.36. The number of hydrogen-bond donors (Lipinski definition) is 1. The van der Waals surface area contributed by atoms with Crippen molar-refractivity contribution in [2.75, 3.05) is 7.11 Å². The lowest BCUT2D eigenvalue weighted by molar-refractivity contribution is 0.177. The number of hydrogen-bond acceptors (Lipinski definition) is 2. The Morgan fingerprint density at radius 1 is 1.54 bits per heavy atom. The SMILES string of the molecule is COCc1ccc2c(c1)C(O)CC2. The van der Waals surface area contributed by atoms with Crippen molar-refractivity contribution in [3.63, 3.8) is 0 Å². The summed E-state index contributed by atoms with van der Waals surface area (Å²) in [6, 6.07) is 6.22. The summed E-state index contributed by atoms with van der Waals surface area (Å²) >= 11 is 0. The second-order valence-electron chi connectivity index (χ2n) is 3.52. The third-order valence-electron chi connectivity index (χ3n) is 2.57. The van der Waals surface area contributed by atoms with E-state index in [0.29, 0.717) is 6.61 Å². The van der Waals surface area contributed by atoms with E-state index < -0.39 is 0 Å². The van der Waals surface area contributed by atoms with Crippen LogP contribution >= 0.6 is 0 Å². The first-order valence-corrected chi connectivity index (χ1v) is 4.60. The summed E-state index contributed by atoms with van der Waals surface area (Å²) in [7, 11) is 1.68. The number of aryl methyl sites for hydroxylation is 1. The largest absolute Gasteiger partial charge is 0.388 e. The summed E-state index contributed by atoms with van der Waals surface area (Å²) < 4.78 is 5.04. The Labute approximate surface area is 78.2 Å². The summed E-state index contributed by atoms with van der Waals surface area (Å²) in [5, 5.41) is 9.63. The zero-order valence-corrected chi connectivity index (χ0v) is 7.79. The zero-order valence-electron chi connectivity index (χ0n) is 7.79. The molecule has 1 N–H and O–H groups in total. The van der Waals surface area contributed by atoms with Crippen molar-refractivity contribution in [3.8, 4) is 0 Å². The third-order valence-corrected chi connectivity index (χ3v) is 2.57. The van der Waals surface area contributed by atoms with Gasteiger partial charge in [-0.1, -0.05) is 18.2 Å². The fourth-order valence-corrected chi connectivity index (χ4v) is 1.89. The standard InChI is InChI=1S/C11H14O2/c1-13-7-8-2-3-9-4-5-11(12)10(9)6-8/h2-3,6,11-12H,4-5,7H2,1H3. The first-order valence-electron chi connectivity index (χ1n) is 4.60. The quantitative estimate of drug-likeness (QED) is 0.748. The van der Waals surface area contributed by atoms with E-state index in [1.807, 2.05) is 0 Å². The van der Waals surface area contributed by atoms with E-state index in [0.717, 1.165) is 24.0 Å². The minimum Gasteiger partial charge on any atom is -0.388 e. The van der Waals surface area contributed by atoms with Crippen LogP contribution in [0.1, 0.15) is 29.2 Å². The van der Waals surface area contributed by atoms with Gasteiger partial charge >= 0.3 is 0 Å². The van der Waals surface area contributed by atoms with E-state index in [1.54, 1.807) is 7.11 Å². The molecule has 13 heavy (non-hydrogen) atoms.